The topological polar surface area (TPSA) is 49.8 Å². The van der Waals surface area contributed by atoms with Crippen LogP contribution in [0.15, 0.2) is 0 Å². The SMILES string of the molecule is CC(C)C1(C(=O)O)CCN(CC2CCC3(CCCC3)O2)C1. The first-order chi connectivity index (χ1) is 9.96. The van der Waals surface area contributed by atoms with Gasteiger partial charge in [0.15, 0.2) is 0 Å². The van der Waals surface area contributed by atoms with E-state index in [0.29, 0.717) is 12.6 Å². The van der Waals surface area contributed by atoms with E-state index < -0.39 is 11.4 Å². The number of carbonyl (C=O) groups is 1. The van der Waals surface area contributed by atoms with Crippen molar-refractivity contribution in [1.82, 2.24) is 4.90 Å². The number of rotatable bonds is 4. The molecule has 1 spiro atoms. The van der Waals surface area contributed by atoms with E-state index in [1.165, 1.54) is 32.1 Å². The molecular weight excluding hydrogens is 266 g/mol. The van der Waals surface area contributed by atoms with E-state index in [9.17, 15) is 9.90 Å². The van der Waals surface area contributed by atoms with Crippen molar-refractivity contribution in [1.29, 1.82) is 0 Å². The van der Waals surface area contributed by atoms with Crippen LogP contribution in [0.1, 0.15) is 58.8 Å². The summed E-state index contributed by atoms with van der Waals surface area (Å²) in [6.07, 6.45) is 8.54. The van der Waals surface area contributed by atoms with Gasteiger partial charge in [0, 0.05) is 13.1 Å². The molecule has 0 aromatic rings. The van der Waals surface area contributed by atoms with E-state index in [4.69, 9.17) is 4.74 Å². The van der Waals surface area contributed by atoms with Crippen molar-refractivity contribution >= 4 is 5.97 Å². The van der Waals surface area contributed by atoms with Gasteiger partial charge in [-0.1, -0.05) is 26.7 Å². The van der Waals surface area contributed by atoms with Gasteiger partial charge in [-0.3, -0.25) is 9.69 Å². The third kappa shape index (κ3) is 2.72. The van der Waals surface area contributed by atoms with Crippen molar-refractivity contribution in [2.75, 3.05) is 19.6 Å². The number of hydrogen-bond donors (Lipinski definition) is 1. The van der Waals surface area contributed by atoms with Crippen LogP contribution >= 0.6 is 0 Å². The summed E-state index contributed by atoms with van der Waals surface area (Å²) >= 11 is 0. The number of likely N-dealkylation sites (tertiary alicyclic amines) is 1. The minimum atomic E-state index is -0.625. The molecule has 120 valence electrons. The third-order valence-corrected chi connectivity index (χ3v) is 6.23. The fourth-order valence-corrected chi connectivity index (χ4v) is 4.66. The molecule has 3 rings (SSSR count). The highest BCUT2D eigenvalue weighted by Gasteiger charge is 2.48. The lowest BCUT2D eigenvalue weighted by atomic mass is 9.76. The van der Waals surface area contributed by atoms with Crippen LogP contribution in [-0.4, -0.2) is 47.3 Å². The molecule has 0 amide bonds. The molecule has 0 radical (unpaired) electrons. The molecule has 2 aliphatic heterocycles. The Morgan fingerprint density at radius 1 is 1.29 bits per heavy atom. The molecule has 0 bridgehead atoms. The van der Waals surface area contributed by atoms with E-state index in [-0.39, 0.29) is 11.5 Å². The predicted octanol–water partition coefficient (Wildman–Crippen LogP) is 2.91. The van der Waals surface area contributed by atoms with Crippen LogP contribution in [0.2, 0.25) is 0 Å². The Hall–Kier alpha value is -0.610. The number of hydrogen-bond acceptors (Lipinski definition) is 3. The van der Waals surface area contributed by atoms with Gasteiger partial charge in [0.1, 0.15) is 0 Å². The van der Waals surface area contributed by atoms with Crippen molar-refractivity contribution in [3.63, 3.8) is 0 Å². The summed E-state index contributed by atoms with van der Waals surface area (Å²) in [5.74, 6) is -0.440. The summed E-state index contributed by atoms with van der Waals surface area (Å²) in [5.41, 5.74) is -0.365. The highest BCUT2D eigenvalue weighted by molar-refractivity contribution is 5.75. The summed E-state index contributed by atoms with van der Waals surface area (Å²) in [4.78, 5) is 14.0. The lowest BCUT2D eigenvalue weighted by Gasteiger charge is -2.30. The highest BCUT2D eigenvalue weighted by Crippen LogP contribution is 2.44. The van der Waals surface area contributed by atoms with Crippen molar-refractivity contribution < 1.29 is 14.6 Å². The van der Waals surface area contributed by atoms with E-state index in [1.54, 1.807) is 0 Å². The molecule has 4 heteroatoms. The molecule has 1 N–H and O–H groups in total. The number of aliphatic carboxylic acids is 1. The first kappa shape index (κ1) is 15.3. The van der Waals surface area contributed by atoms with Crippen LogP contribution in [0.4, 0.5) is 0 Å². The molecule has 3 fully saturated rings. The second kappa shape index (κ2) is 5.54. The summed E-state index contributed by atoms with van der Waals surface area (Å²) in [6.45, 7) is 6.59. The van der Waals surface area contributed by atoms with Crippen LogP contribution in [0, 0.1) is 11.3 Å². The summed E-state index contributed by atoms with van der Waals surface area (Å²) < 4.78 is 6.37. The molecule has 2 saturated heterocycles. The molecule has 4 nitrogen and oxygen atoms in total. The zero-order chi connectivity index (χ0) is 15.1. The first-order valence-corrected chi connectivity index (χ1v) is 8.59. The van der Waals surface area contributed by atoms with Crippen LogP contribution in [0.25, 0.3) is 0 Å². The molecule has 2 unspecified atom stereocenters. The lowest BCUT2D eigenvalue weighted by molar-refractivity contribution is -0.151. The Bertz CT molecular complexity index is 403. The third-order valence-electron chi connectivity index (χ3n) is 6.23. The Labute approximate surface area is 127 Å². The predicted molar refractivity (Wildman–Crippen MR) is 81.3 cm³/mol. The molecule has 0 aromatic carbocycles. The molecule has 1 saturated carbocycles. The molecule has 21 heavy (non-hydrogen) atoms. The Morgan fingerprint density at radius 3 is 2.57 bits per heavy atom. The normalized spacial score (nSPS) is 36.0. The van der Waals surface area contributed by atoms with E-state index in [2.05, 4.69) is 4.90 Å². The lowest BCUT2D eigenvalue weighted by Crippen LogP contribution is -2.41. The average molecular weight is 295 g/mol. The fourth-order valence-electron chi connectivity index (χ4n) is 4.66. The Kier molecular flexibility index (Phi) is 4.04. The largest absolute Gasteiger partial charge is 0.481 e. The van der Waals surface area contributed by atoms with Gasteiger partial charge in [0.2, 0.25) is 0 Å². The van der Waals surface area contributed by atoms with E-state index in [0.717, 1.165) is 25.9 Å². The Balaban J connectivity index is 1.57. The molecule has 0 aromatic heterocycles. The summed E-state index contributed by atoms with van der Waals surface area (Å²) in [7, 11) is 0. The molecule has 2 atom stereocenters. The molecular formula is C17H29NO3. The van der Waals surface area contributed by atoms with Crippen molar-refractivity contribution in [2.24, 2.45) is 11.3 Å². The molecule has 1 aliphatic carbocycles. The summed E-state index contributed by atoms with van der Waals surface area (Å²) in [6, 6.07) is 0. The monoisotopic (exact) mass is 295 g/mol. The average Bonchev–Trinajstić information content (AvgIpc) is 3.12. The van der Waals surface area contributed by atoms with Crippen molar-refractivity contribution in [2.45, 2.75) is 70.5 Å². The molecule has 3 aliphatic rings. The fraction of sp³-hybridized carbons (Fsp3) is 0.941. The van der Waals surface area contributed by atoms with Gasteiger partial charge in [0.05, 0.1) is 17.1 Å². The zero-order valence-electron chi connectivity index (χ0n) is 13.4. The van der Waals surface area contributed by atoms with Crippen molar-refractivity contribution in [3.8, 4) is 0 Å². The van der Waals surface area contributed by atoms with Crippen LogP contribution in [-0.2, 0) is 9.53 Å². The second-order valence-electron chi connectivity index (χ2n) is 7.77. The quantitative estimate of drug-likeness (QED) is 0.866. The van der Waals surface area contributed by atoms with Crippen molar-refractivity contribution in [3.05, 3.63) is 0 Å². The Morgan fingerprint density at radius 2 is 2.00 bits per heavy atom. The van der Waals surface area contributed by atoms with E-state index >= 15 is 0 Å². The number of carboxylic acids is 1. The van der Waals surface area contributed by atoms with Crippen LogP contribution < -0.4 is 0 Å². The highest BCUT2D eigenvalue weighted by atomic mass is 16.5. The maximum absolute atomic E-state index is 11.7. The van der Waals surface area contributed by atoms with Gasteiger partial charge in [0.25, 0.3) is 0 Å². The first-order valence-electron chi connectivity index (χ1n) is 8.59. The smallest absolute Gasteiger partial charge is 0.311 e. The minimum Gasteiger partial charge on any atom is -0.481 e. The maximum atomic E-state index is 11.7. The van der Waals surface area contributed by atoms with Gasteiger partial charge in [-0.15, -0.1) is 0 Å². The van der Waals surface area contributed by atoms with Gasteiger partial charge in [-0.05, 0) is 44.6 Å². The van der Waals surface area contributed by atoms with Gasteiger partial charge < -0.3 is 9.84 Å². The minimum absolute atomic E-state index is 0.186. The number of ether oxygens (including phenoxy) is 1. The van der Waals surface area contributed by atoms with Crippen LogP contribution in [0.5, 0.6) is 0 Å². The standard InChI is InChI=1S/C17H29NO3/c1-13(2)17(15(19)20)9-10-18(12-17)11-14-5-8-16(21-14)6-3-4-7-16/h13-14H,3-12H2,1-2H3,(H,19,20). The number of carboxylic acid groups (broad SMARTS) is 1. The second-order valence-corrected chi connectivity index (χ2v) is 7.77. The summed E-state index contributed by atoms with van der Waals surface area (Å²) in [5, 5.41) is 9.62. The van der Waals surface area contributed by atoms with Gasteiger partial charge >= 0.3 is 5.97 Å². The zero-order valence-corrected chi connectivity index (χ0v) is 13.4. The van der Waals surface area contributed by atoms with Gasteiger partial charge in [-0.25, -0.2) is 0 Å². The van der Waals surface area contributed by atoms with Gasteiger partial charge in [-0.2, -0.15) is 0 Å². The van der Waals surface area contributed by atoms with Crippen LogP contribution in [0.3, 0.4) is 0 Å². The molecule has 2 heterocycles. The maximum Gasteiger partial charge on any atom is 0.311 e. The number of nitrogens with zero attached hydrogens (tertiary/aromatic N) is 1. The van der Waals surface area contributed by atoms with E-state index in [1.807, 2.05) is 13.8 Å².